The summed E-state index contributed by atoms with van der Waals surface area (Å²) < 4.78 is 16.2. The lowest BCUT2D eigenvalue weighted by atomic mass is 10.2. The molecule has 0 atom stereocenters. The van der Waals surface area contributed by atoms with Crippen LogP contribution in [0.3, 0.4) is 0 Å². The maximum Gasteiger partial charge on any atom is 0.246 e. The number of nitrogens with one attached hydrogen (secondary N) is 3. The molecule has 0 aliphatic rings. The van der Waals surface area contributed by atoms with Crippen LogP contribution in [0.4, 0.5) is 5.69 Å². The van der Waals surface area contributed by atoms with Crippen LogP contribution in [0.15, 0.2) is 36.4 Å². The van der Waals surface area contributed by atoms with Gasteiger partial charge in [-0.15, -0.1) is 23.2 Å². The molecular weight excluding hydrogens is 531 g/mol. The molecule has 0 aromatic heterocycles. The monoisotopic (exact) mass is 574 g/mol. The van der Waals surface area contributed by atoms with Gasteiger partial charge in [0.1, 0.15) is 6.61 Å². The fourth-order valence-electron chi connectivity index (χ4n) is 3.26. The first-order valence-corrected chi connectivity index (χ1v) is 14.1. The molecule has 0 fully saturated rings. The second kappa shape index (κ2) is 23.0. The van der Waals surface area contributed by atoms with Crippen LogP contribution >= 0.6 is 23.2 Å². The zero-order valence-corrected chi connectivity index (χ0v) is 24.1. The van der Waals surface area contributed by atoms with Crippen molar-refractivity contribution in [1.29, 1.82) is 0 Å². The van der Waals surface area contributed by atoms with Gasteiger partial charge in [-0.25, -0.2) is 0 Å². The minimum atomic E-state index is -0.188. The van der Waals surface area contributed by atoms with Gasteiger partial charge in [0.15, 0.2) is 0 Å². The number of carbonyl (C=O) groups is 2. The average molecular weight is 576 g/mol. The number of amides is 2. The van der Waals surface area contributed by atoms with Gasteiger partial charge in [0, 0.05) is 69.0 Å². The Morgan fingerprint density at radius 1 is 0.842 bits per heavy atom. The minimum absolute atomic E-state index is 0.00982. The van der Waals surface area contributed by atoms with Crippen molar-refractivity contribution in [3.63, 3.8) is 0 Å². The van der Waals surface area contributed by atoms with E-state index < -0.39 is 0 Å². The number of benzene rings is 1. The lowest BCUT2D eigenvalue weighted by Crippen LogP contribution is -2.30. The summed E-state index contributed by atoms with van der Waals surface area (Å²) in [7, 11) is 0. The SMILES string of the molecule is C=C(C)C(=O)NCCOCCOCC(=O)NCCCOCCCNCc1ccc(N(CCCl)CCCl)cc1. The molecule has 0 aliphatic carbocycles. The van der Waals surface area contributed by atoms with Crippen LogP contribution in [0.5, 0.6) is 0 Å². The van der Waals surface area contributed by atoms with Crippen LogP contribution in [0, 0.1) is 0 Å². The maximum atomic E-state index is 11.8. The largest absolute Gasteiger partial charge is 0.381 e. The second-order valence-corrected chi connectivity index (χ2v) is 9.33. The third-order valence-electron chi connectivity index (χ3n) is 5.29. The molecule has 0 heterocycles. The van der Waals surface area contributed by atoms with Gasteiger partial charge in [0.2, 0.25) is 11.8 Å². The summed E-state index contributed by atoms with van der Waals surface area (Å²) in [6.07, 6.45) is 1.66. The van der Waals surface area contributed by atoms with E-state index in [1.54, 1.807) is 6.92 Å². The third-order valence-corrected chi connectivity index (χ3v) is 5.63. The van der Waals surface area contributed by atoms with Crippen LogP contribution in [-0.2, 0) is 30.3 Å². The van der Waals surface area contributed by atoms with E-state index in [1.165, 1.54) is 5.56 Å². The van der Waals surface area contributed by atoms with Gasteiger partial charge in [0.25, 0.3) is 0 Å². The first-order chi connectivity index (χ1) is 18.5. The molecule has 0 aliphatic heterocycles. The standard InChI is InChI=1S/C27H44Cl2N4O5/c1-23(2)27(35)32-13-18-37-19-20-38-22-26(34)31-12-4-17-36-16-3-11-30-21-24-5-7-25(8-6-24)33(14-9-28)15-10-29/h5-8,30H,1,3-4,9-22H2,2H3,(H,31,34)(H,32,35). The maximum absolute atomic E-state index is 11.8. The summed E-state index contributed by atoms with van der Waals surface area (Å²) >= 11 is 11.8. The van der Waals surface area contributed by atoms with Gasteiger partial charge in [-0.2, -0.15) is 0 Å². The fraction of sp³-hybridized carbons (Fsp3) is 0.630. The van der Waals surface area contributed by atoms with Gasteiger partial charge in [0.05, 0.1) is 19.8 Å². The molecule has 0 saturated carbocycles. The predicted octanol–water partition coefficient (Wildman–Crippen LogP) is 2.70. The highest BCUT2D eigenvalue weighted by Gasteiger charge is 2.05. The Morgan fingerprint density at radius 2 is 1.47 bits per heavy atom. The molecular formula is C27H44Cl2N4O5. The summed E-state index contributed by atoms with van der Waals surface area (Å²) in [4.78, 5) is 25.2. The number of anilines is 1. The first kappa shape index (κ1) is 34.1. The second-order valence-electron chi connectivity index (χ2n) is 8.58. The number of rotatable bonds is 24. The van der Waals surface area contributed by atoms with Crippen molar-refractivity contribution in [2.45, 2.75) is 26.3 Å². The normalized spacial score (nSPS) is 10.8. The minimum Gasteiger partial charge on any atom is -0.381 e. The van der Waals surface area contributed by atoms with E-state index in [0.717, 1.165) is 44.7 Å². The molecule has 2 amide bonds. The van der Waals surface area contributed by atoms with Crippen LogP contribution in [0.1, 0.15) is 25.3 Å². The molecule has 0 bridgehead atoms. The number of halogens is 2. The molecule has 38 heavy (non-hydrogen) atoms. The van der Waals surface area contributed by atoms with Crippen molar-refractivity contribution in [2.24, 2.45) is 0 Å². The van der Waals surface area contributed by atoms with Gasteiger partial charge >= 0.3 is 0 Å². The molecule has 216 valence electrons. The molecule has 0 saturated heterocycles. The predicted molar refractivity (Wildman–Crippen MR) is 154 cm³/mol. The van der Waals surface area contributed by atoms with Crippen molar-refractivity contribution in [3.05, 3.63) is 42.0 Å². The summed E-state index contributed by atoms with van der Waals surface area (Å²) in [5, 5.41) is 8.90. The lowest BCUT2D eigenvalue weighted by Gasteiger charge is -2.23. The Morgan fingerprint density at radius 3 is 2.13 bits per heavy atom. The van der Waals surface area contributed by atoms with Gasteiger partial charge < -0.3 is 35.1 Å². The molecule has 1 aromatic carbocycles. The quantitative estimate of drug-likeness (QED) is 0.0991. The number of hydrogen-bond donors (Lipinski definition) is 3. The van der Waals surface area contributed by atoms with Crippen molar-refractivity contribution in [3.8, 4) is 0 Å². The van der Waals surface area contributed by atoms with E-state index >= 15 is 0 Å². The Bertz CT molecular complexity index is 777. The van der Waals surface area contributed by atoms with E-state index in [9.17, 15) is 9.59 Å². The van der Waals surface area contributed by atoms with Crippen molar-refractivity contribution in [2.75, 3.05) is 89.0 Å². The molecule has 11 heteroatoms. The van der Waals surface area contributed by atoms with Crippen LogP contribution < -0.4 is 20.9 Å². The Balaban J connectivity index is 1.91. The van der Waals surface area contributed by atoms with Crippen LogP contribution in [-0.4, -0.2) is 95.9 Å². The fourth-order valence-corrected chi connectivity index (χ4v) is 3.67. The van der Waals surface area contributed by atoms with E-state index in [1.807, 2.05) is 0 Å². The van der Waals surface area contributed by atoms with E-state index in [4.69, 9.17) is 37.4 Å². The van der Waals surface area contributed by atoms with Crippen molar-refractivity contribution >= 4 is 40.7 Å². The van der Waals surface area contributed by atoms with E-state index in [2.05, 4.69) is 51.7 Å². The van der Waals surface area contributed by atoms with Gasteiger partial charge in [-0.1, -0.05) is 18.7 Å². The zero-order valence-electron chi connectivity index (χ0n) is 22.6. The smallest absolute Gasteiger partial charge is 0.246 e. The summed E-state index contributed by atoms with van der Waals surface area (Å²) in [6, 6.07) is 8.46. The highest BCUT2D eigenvalue weighted by Crippen LogP contribution is 2.15. The van der Waals surface area contributed by atoms with Crippen molar-refractivity contribution in [1.82, 2.24) is 16.0 Å². The first-order valence-electron chi connectivity index (χ1n) is 13.1. The Kier molecular flexibility index (Phi) is 20.7. The molecule has 0 radical (unpaired) electrons. The molecule has 1 aromatic rings. The average Bonchev–Trinajstić information content (AvgIpc) is 2.91. The molecule has 9 nitrogen and oxygen atoms in total. The number of carbonyl (C=O) groups excluding carboxylic acids is 2. The highest BCUT2D eigenvalue weighted by atomic mass is 35.5. The summed E-state index contributed by atoms with van der Waals surface area (Å²) in [5.74, 6) is 0.795. The van der Waals surface area contributed by atoms with E-state index in [0.29, 0.717) is 63.5 Å². The molecule has 3 N–H and O–H groups in total. The number of ether oxygens (including phenoxy) is 3. The summed E-state index contributed by atoms with van der Waals surface area (Å²) in [5.41, 5.74) is 2.82. The molecule has 0 unspecified atom stereocenters. The number of hydrogen-bond acceptors (Lipinski definition) is 7. The third kappa shape index (κ3) is 17.6. The topological polar surface area (TPSA) is 101 Å². The Labute approximate surface area is 237 Å². The zero-order chi connectivity index (χ0) is 27.8. The van der Waals surface area contributed by atoms with Crippen molar-refractivity contribution < 1.29 is 23.8 Å². The van der Waals surface area contributed by atoms with Crippen LogP contribution in [0.25, 0.3) is 0 Å². The Hall–Kier alpha value is -1.88. The van der Waals surface area contributed by atoms with E-state index in [-0.39, 0.29) is 18.4 Å². The highest BCUT2D eigenvalue weighted by molar-refractivity contribution is 6.18. The molecule has 0 spiro atoms. The lowest BCUT2D eigenvalue weighted by molar-refractivity contribution is -0.126. The van der Waals surface area contributed by atoms with Gasteiger partial charge in [-0.05, 0) is 44.0 Å². The number of alkyl halides is 2. The number of nitrogens with zero attached hydrogens (tertiary/aromatic N) is 1. The molecule has 1 rings (SSSR count). The summed E-state index contributed by atoms with van der Waals surface area (Å²) in [6.45, 7) is 11.7. The van der Waals surface area contributed by atoms with Crippen LogP contribution in [0.2, 0.25) is 0 Å². The van der Waals surface area contributed by atoms with Gasteiger partial charge in [-0.3, -0.25) is 9.59 Å².